The molecule has 0 aliphatic rings. The largest absolute Gasteiger partial charge is 0.350 e. The number of nitrogens with two attached hydrogens (primary N) is 1. The van der Waals surface area contributed by atoms with E-state index in [4.69, 9.17) is 5.73 Å². The number of thiophene rings is 1. The third kappa shape index (κ3) is 4.18. The third-order valence-electron chi connectivity index (χ3n) is 3.14. The molecular weight excluding hydrogens is 268 g/mol. The zero-order chi connectivity index (χ0) is 14.4. The van der Waals surface area contributed by atoms with E-state index in [0.717, 1.165) is 12.0 Å². The summed E-state index contributed by atoms with van der Waals surface area (Å²) in [6, 6.07) is 13.5. The molecule has 106 valence electrons. The van der Waals surface area contributed by atoms with Crippen LogP contribution in [-0.2, 0) is 24.2 Å². The predicted molar refractivity (Wildman–Crippen MR) is 83.7 cm³/mol. The zero-order valence-electron chi connectivity index (χ0n) is 11.6. The average Bonchev–Trinajstić information content (AvgIpc) is 2.93. The Morgan fingerprint density at radius 1 is 1.20 bits per heavy atom. The molecule has 0 aliphatic heterocycles. The minimum absolute atomic E-state index is 0.0969. The molecule has 2 rings (SSSR count). The van der Waals surface area contributed by atoms with Gasteiger partial charge in [-0.05, 0) is 30.5 Å². The highest BCUT2D eigenvalue weighted by molar-refractivity contribution is 7.11. The summed E-state index contributed by atoms with van der Waals surface area (Å²) in [4.78, 5) is 14.5. The Morgan fingerprint density at radius 2 is 1.90 bits per heavy atom. The minimum atomic E-state index is -0.497. The van der Waals surface area contributed by atoms with Crippen molar-refractivity contribution in [1.82, 2.24) is 5.32 Å². The Hall–Kier alpha value is -1.65. The first kappa shape index (κ1) is 14.8. The van der Waals surface area contributed by atoms with Gasteiger partial charge in [0.2, 0.25) is 5.91 Å². The molecule has 0 saturated heterocycles. The van der Waals surface area contributed by atoms with Crippen LogP contribution in [0.15, 0.2) is 42.5 Å². The molecule has 0 radical (unpaired) electrons. The lowest BCUT2D eigenvalue weighted by atomic mass is 10.1. The molecule has 2 aromatic rings. The van der Waals surface area contributed by atoms with Crippen LogP contribution in [0.25, 0.3) is 0 Å². The van der Waals surface area contributed by atoms with Gasteiger partial charge in [0.15, 0.2) is 0 Å². The Morgan fingerprint density at radius 3 is 2.55 bits per heavy atom. The van der Waals surface area contributed by atoms with Crippen LogP contribution in [0, 0.1) is 0 Å². The maximum Gasteiger partial charge on any atom is 0.237 e. The third-order valence-corrected chi connectivity index (χ3v) is 4.37. The molecule has 1 atom stereocenters. The van der Waals surface area contributed by atoms with Crippen molar-refractivity contribution in [2.75, 3.05) is 0 Å². The molecule has 0 aliphatic carbocycles. The first-order valence-electron chi connectivity index (χ1n) is 6.84. The van der Waals surface area contributed by atoms with Crippen LogP contribution >= 0.6 is 11.3 Å². The maximum absolute atomic E-state index is 12.0. The number of hydrogen-bond acceptors (Lipinski definition) is 3. The van der Waals surface area contributed by atoms with E-state index >= 15 is 0 Å². The van der Waals surface area contributed by atoms with Crippen molar-refractivity contribution in [2.24, 2.45) is 5.73 Å². The molecule has 3 nitrogen and oxygen atoms in total. The van der Waals surface area contributed by atoms with Gasteiger partial charge in [0.05, 0.1) is 12.6 Å². The summed E-state index contributed by atoms with van der Waals surface area (Å²) in [5.41, 5.74) is 7.02. The van der Waals surface area contributed by atoms with Crippen LogP contribution in [0.3, 0.4) is 0 Å². The van der Waals surface area contributed by atoms with Crippen molar-refractivity contribution in [3.63, 3.8) is 0 Å². The summed E-state index contributed by atoms with van der Waals surface area (Å²) in [7, 11) is 0. The van der Waals surface area contributed by atoms with E-state index in [9.17, 15) is 4.79 Å². The number of carbonyl (C=O) groups excluding carboxylic acids is 1. The van der Waals surface area contributed by atoms with E-state index in [-0.39, 0.29) is 5.91 Å². The summed E-state index contributed by atoms with van der Waals surface area (Å²) >= 11 is 1.74. The number of aryl methyl sites for hydroxylation is 1. The number of benzene rings is 1. The fraction of sp³-hybridized carbons (Fsp3) is 0.312. The summed E-state index contributed by atoms with van der Waals surface area (Å²) in [5.74, 6) is -0.0969. The van der Waals surface area contributed by atoms with Gasteiger partial charge >= 0.3 is 0 Å². The molecule has 0 saturated carbocycles. The van der Waals surface area contributed by atoms with Crippen LogP contribution in [0.4, 0.5) is 0 Å². The van der Waals surface area contributed by atoms with Crippen molar-refractivity contribution < 1.29 is 4.79 Å². The van der Waals surface area contributed by atoms with Gasteiger partial charge in [0.25, 0.3) is 0 Å². The Bertz CT molecular complexity index is 551. The second-order valence-electron chi connectivity index (χ2n) is 4.74. The van der Waals surface area contributed by atoms with Crippen molar-refractivity contribution in [3.05, 3.63) is 57.8 Å². The van der Waals surface area contributed by atoms with Gasteiger partial charge in [0.1, 0.15) is 0 Å². The standard InChI is InChI=1S/C16H20N2OS/c1-2-13-8-9-14(20-13)11-18-16(19)15(17)10-12-6-4-3-5-7-12/h3-9,15H,2,10-11,17H2,1H3,(H,18,19)/t15-/m1/s1. The quantitative estimate of drug-likeness (QED) is 0.858. The lowest BCUT2D eigenvalue weighted by Gasteiger charge is -2.11. The van der Waals surface area contributed by atoms with E-state index in [1.54, 1.807) is 11.3 Å². The molecule has 3 N–H and O–H groups in total. The highest BCUT2D eigenvalue weighted by atomic mass is 32.1. The van der Waals surface area contributed by atoms with E-state index in [1.807, 2.05) is 30.3 Å². The molecule has 4 heteroatoms. The fourth-order valence-corrected chi connectivity index (χ4v) is 2.87. The molecule has 20 heavy (non-hydrogen) atoms. The molecule has 0 fully saturated rings. The van der Waals surface area contributed by atoms with Crippen LogP contribution in [-0.4, -0.2) is 11.9 Å². The predicted octanol–water partition coefficient (Wildman–Crippen LogP) is 2.50. The summed E-state index contributed by atoms with van der Waals surface area (Å²) in [6.07, 6.45) is 1.60. The molecule has 0 spiro atoms. The topological polar surface area (TPSA) is 55.1 Å². The Balaban J connectivity index is 1.82. The van der Waals surface area contributed by atoms with Crippen molar-refractivity contribution in [2.45, 2.75) is 32.4 Å². The van der Waals surface area contributed by atoms with E-state index in [1.165, 1.54) is 9.75 Å². The lowest BCUT2D eigenvalue weighted by Crippen LogP contribution is -2.41. The van der Waals surface area contributed by atoms with Crippen LogP contribution < -0.4 is 11.1 Å². The van der Waals surface area contributed by atoms with Crippen LogP contribution in [0.2, 0.25) is 0 Å². The summed E-state index contributed by atoms with van der Waals surface area (Å²) < 4.78 is 0. The van der Waals surface area contributed by atoms with Gasteiger partial charge < -0.3 is 11.1 Å². The monoisotopic (exact) mass is 288 g/mol. The van der Waals surface area contributed by atoms with Gasteiger partial charge in [-0.2, -0.15) is 0 Å². The zero-order valence-corrected chi connectivity index (χ0v) is 12.5. The Labute approximate surface area is 123 Å². The second-order valence-corrected chi connectivity index (χ2v) is 5.99. The number of nitrogens with one attached hydrogen (secondary N) is 1. The van der Waals surface area contributed by atoms with E-state index in [0.29, 0.717) is 13.0 Å². The van der Waals surface area contributed by atoms with Crippen molar-refractivity contribution >= 4 is 17.2 Å². The van der Waals surface area contributed by atoms with Gasteiger partial charge in [-0.3, -0.25) is 4.79 Å². The van der Waals surface area contributed by atoms with E-state index in [2.05, 4.69) is 24.4 Å². The van der Waals surface area contributed by atoms with Gasteiger partial charge in [-0.15, -0.1) is 11.3 Å². The van der Waals surface area contributed by atoms with Gasteiger partial charge in [-0.1, -0.05) is 37.3 Å². The number of hydrogen-bond donors (Lipinski definition) is 2. The summed E-state index contributed by atoms with van der Waals surface area (Å²) in [6.45, 7) is 2.69. The number of carbonyl (C=O) groups is 1. The normalized spacial score (nSPS) is 12.1. The molecule has 1 amide bonds. The molecule has 1 heterocycles. The molecular formula is C16H20N2OS. The van der Waals surface area contributed by atoms with Crippen LogP contribution in [0.1, 0.15) is 22.2 Å². The Kier molecular flexibility index (Phi) is 5.32. The first-order chi connectivity index (χ1) is 9.69. The highest BCUT2D eigenvalue weighted by Gasteiger charge is 2.13. The highest BCUT2D eigenvalue weighted by Crippen LogP contribution is 2.16. The molecule has 1 aromatic heterocycles. The van der Waals surface area contributed by atoms with E-state index < -0.39 is 6.04 Å². The van der Waals surface area contributed by atoms with Gasteiger partial charge in [-0.25, -0.2) is 0 Å². The average molecular weight is 288 g/mol. The van der Waals surface area contributed by atoms with Crippen LogP contribution in [0.5, 0.6) is 0 Å². The second kappa shape index (κ2) is 7.22. The fourth-order valence-electron chi connectivity index (χ4n) is 1.97. The van der Waals surface area contributed by atoms with Crippen molar-refractivity contribution in [1.29, 1.82) is 0 Å². The first-order valence-corrected chi connectivity index (χ1v) is 7.65. The molecule has 0 bridgehead atoms. The maximum atomic E-state index is 12.0. The number of amides is 1. The SMILES string of the molecule is CCc1ccc(CNC(=O)[C@H](N)Cc2ccccc2)s1. The lowest BCUT2D eigenvalue weighted by molar-refractivity contribution is -0.122. The van der Waals surface area contributed by atoms with Gasteiger partial charge in [0, 0.05) is 9.75 Å². The summed E-state index contributed by atoms with van der Waals surface area (Å²) in [5, 5.41) is 2.90. The smallest absolute Gasteiger partial charge is 0.237 e. The number of rotatable bonds is 6. The minimum Gasteiger partial charge on any atom is -0.350 e. The van der Waals surface area contributed by atoms with Crippen molar-refractivity contribution in [3.8, 4) is 0 Å². The molecule has 0 unspecified atom stereocenters. The molecule has 1 aromatic carbocycles.